The lowest BCUT2D eigenvalue weighted by molar-refractivity contribution is 0.0971. The number of ether oxygens (including phenoxy) is 2. The third kappa shape index (κ3) is 3.74. The maximum absolute atomic E-state index is 13.9. The quantitative estimate of drug-likeness (QED) is 0.333. The molecule has 0 aliphatic carbocycles. The average molecular weight is 490 g/mol. The summed E-state index contributed by atoms with van der Waals surface area (Å²) in [5.74, 6) is 0.711. The number of aryl methyl sites for hydroxylation is 2. The number of carbonyl (C=O) groups is 1. The number of rotatable bonds is 5. The highest BCUT2D eigenvalue weighted by atomic mass is 35.5. The minimum atomic E-state index is -0.734. The predicted molar refractivity (Wildman–Crippen MR) is 136 cm³/mol. The van der Waals surface area contributed by atoms with Gasteiger partial charge in [0.15, 0.2) is 16.9 Å². The van der Waals surface area contributed by atoms with Gasteiger partial charge < -0.3 is 13.9 Å². The highest BCUT2D eigenvalue weighted by Gasteiger charge is 2.44. The van der Waals surface area contributed by atoms with E-state index >= 15 is 0 Å². The largest absolute Gasteiger partial charge is 0.493 e. The zero-order chi connectivity index (χ0) is 24.9. The topological polar surface area (TPSA) is 69.0 Å². The first-order chi connectivity index (χ1) is 16.8. The van der Waals surface area contributed by atoms with Crippen molar-refractivity contribution in [1.82, 2.24) is 0 Å². The van der Waals surface area contributed by atoms with E-state index in [-0.39, 0.29) is 16.8 Å². The maximum atomic E-state index is 13.9. The lowest BCUT2D eigenvalue weighted by Crippen LogP contribution is -2.29. The Kier molecular flexibility index (Phi) is 5.77. The Labute approximate surface area is 207 Å². The van der Waals surface area contributed by atoms with Gasteiger partial charge in [-0.1, -0.05) is 23.7 Å². The number of fused-ring (bicyclic) bond motifs is 2. The van der Waals surface area contributed by atoms with Crippen molar-refractivity contribution >= 4 is 34.2 Å². The molecule has 1 aromatic heterocycles. The Morgan fingerprint density at radius 1 is 1.00 bits per heavy atom. The lowest BCUT2D eigenvalue weighted by Gasteiger charge is -2.26. The molecule has 1 unspecified atom stereocenters. The Hall–Kier alpha value is -3.77. The van der Waals surface area contributed by atoms with Crippen LogP contribution >= 0.6 is 11.6 Å². The molecule has 1 aliphatic heterocycles. The van der Waals surface area contributed by atoms with E-state index in [0.717, 1.165) is 11.1 Å². The molecular weight excluding hydrogens is 466 g/mol. The normalized spacial score (nSPS) is 14.9. The molecule has 3 aromatic carbocycles. The van der Waals surface area contributed by atoms with Crippen molar-refractivity contribution in [2.75, 3.05) is 18.6 Å². The first-order valence-corrected chi connectivity index (χ1v) is 11.7. The van der Waals surface area contributed by atoms with E-state index in [1.54, 1.807) is 54.5 Å². The number of halogens is 1. The van der Waals surface area contributed by atoms with Gasteiger partial charge in [0.25, 0.3) is 5.91 Å². The van der Waals surface area contributed by atoms with Crippen LogP contribution in [0.15, 0.2) is 63.8 Å². The molecule has 0 spiro atoms. The molecule has 5 rings (SSSR count). The Balaban J connectivity index is 1.80. The van der Waals surface area contributed by atoms with Crippen molar-refractivity contribution in [2.24, 2.45) is 0 Å². The van der Waals surface area contributed by atoms with Gasteiger partial charge in [-0.25, -0.2) is 0 Å². The molecule has 0 fully saturated rings. The molecule has 0 radical (unpaired) electrons. The predicted octanol–water partition coefficient (Wildman–Crippen LogP) is 6.22. The molecule has 4 aromatic rings. The van der Waals surface area contributed by atoms with Crippen LogP contribution in [0.3, 0.4) is 0 Å². The van der Waals surface area contributed by atoms with Gasteiger partial charge in [-0.3, -0.25) is 14.5 Å². The average Bonchev–Trinajstić information content (AvgIpc) is 3.13. The van der Waals surface area contributed by atoms with Gasteiger partial charge in [0, 0.05) is 10.7 Å². The summed E-state index contributed by atoms with van der Waals surface area (Å²) in [5.41, 5.74) is 3.64. The number of anilines is 1. The van der Waals surface area contributed by atoms with Gasteiger partial charge in [0.05, 0.1) is 30.7 Å². The van der Waals surface area contributed by atoms with Crippen molar-refractivity contribution < 1.29 is 18.7 Å². The van der Waals surface area contributed by atoms with Crippen molar-refractivity contribution in [3.8, 4) is 11.5 Å². The maximum Gasteiger partial charge on any atom is 0.295 e. The van der Waals surface area contributed by atoms with E-state index < -0.39 is 11.9 Å². The SMILES string of the molecule is CCOc1ccc(C2c3c(oc4cc(C)c(C)cc4c3=O)C(=O)N2c2cccc(Cl)c2)cc1OC. The van der Waals surface area contributed by atoms with Crippen LogP contribution in [0.4, 0.5) is 5.69 Å². The molecule has 0 saturated carbocycles. The Morgan fingerprint density at radius 3 is 2.49 bits per heavy atom. The van der Waals surface area contributed by atoms with E-state index in [1.165, 1.54) is 0 Å². The molecule has 35 heavy (non-hydrogen) atoms. The Bertz CT molecular complexity index is 1540. The van der Waals surface area contributed by atoms with Crippen LogP contribution in [0.2, 0.25) is 5.02 Å². The second kappa shape index (κ2) is 8.78. The minimum Gasteiger partial charge on any atom is -0.493 e. The Morgan fingerprint density at radius 2 is 1.77 bits per heavy atom. The van der Waals surface area contributed by atoms with Crippen LogP contribution in [0.5, 0.6) is 11.5 Å². The molecule has 1 aliphatic rings. The van der Waals surface area contributed by atoms with Gasteiger partial charge in [0.1, 0.15) is 5.58 Å². The summed E-state index contributed by atoms with van der Waals surface area (Å²) >= 11 is 6.27. The molecule has 178 valence electrons. The molecule has 1 atom stereocenters. The summed E-state index contributed by atoms with van der Waals surface area (Å²) in [7, 11) is 1.55. The van der Waals surface area contributed by atoms with E-state index in [4.69, 9.17) is 25.5 Å². The number of hydrogen-bond acceptors (Lipinski definition) is 5. The zero-order valence-corrected chi connectivity index (χ0v) is 20.6. The summed E-state index contributed by atoms with van der Waals surface area (Å²) in [5, 5.41) is 0.917. The first kappa shape index (κ1) is 23.0. The second-order valence-corrected chi connectivity index (χ2v) is 8.94. The molecule has 1 amide bonds. The van der Waals surface area contributed by atoms with Crippen LogP contribution < -0.4 is 19.8 Å². The number of methoxy groups -OCH3 is 1. The molecular formula is C28H24ClNO5. The summed E-state index contributed by atoms with van der Waals surface area (Å²) in [6.45, 7) is 6.25. The minimum absolute atomic E-state index is 0.0311. The fourth-order valence-electron chi connectivity index (χ4n) is 4.56. The molecule has 0 saturated heterocycles. The summed E-state index contributed by atoms with van der Waals surface area (Å²) < 4.78 is 17.3. The van der Waals surface area contributed by atoms with Gasteiger partial charge >= 0.3 is 0 Å². The fourth-order valence-corrected chi connectivity index (χ4v) is 4.75. The summed E-state index contributed by atoms with van der Waals surface area (Å²) in [4.78, 5) is 29.2. The summed E-state index contributed by atoms with van der Waals surface area (Å²) in [6.07, 6.45) is 0. The van der Waals surface area contributed by atoms with Crippen LogP contribution in [0, 0.1) is 13.8 Å². The highest BCUT2D eigenvalue weighted by Crippen LogP contribution is 2.43. The van der Waals surface area contributed by atoms with Crippen LogP contribution in [0.1, 0.15) is 45.8 Å². The number of amides is 1. The third-order valence-corrected chi connectivity index (χ3v) is 6.61. The first-order valence-electron chi connectivity index (χ1n) is 11.3. The molecule has 6 nitrogen and oxygen atoms in total. The van der Waals surface area contributed by atoms with Crippen molar-refractivity contribution in [2.45, 2.75) is 26.8 Å². The van der Waals surface area contributed by atoms with Crippen LogP contribution in [-0.4, -0.2) is 19.6 Å². The van der Waals surface area contributed by atoms with Gasteiger partial charge in [-0.15, -0.1) is 0 Å². The number of carbonyl (C=O) groups excluding carboxylic acids is 1. The van der Waals surface area contributed by atoms with E-state index in [1.807, 2.05) is 32.9 Å². The fraction of sp³-hybridized carbons (Fsp3) is 0.214. The zero-order valence-electron chi connectivity index (χ0n) is 19.8. The monoisotopic (exact) mass is 489 g/mol. The van der Waals surface area contributed by atoms with Gasteiger partial charge in [-0.2, -0.15) is 0 Å². The van der Waals surface area contributed by atoms with E-state index in [0.29, 0.717) is 45.3 Å². The number of benzene rings is 3. The molecule has 2 heterocycles. The van der Waals surface area contributed by atoms with E-state index in [9.17, 15) is 9.59 Å². The van der Waals surface area contributed by atoms with Gasteiger partial charge in [0.2, 0.25) is 5.76 Å². The number of hydrogen-bond donors (Lipinski definition) is 0. The highest BCUT2D eigenvalue weighted by molar-refractivity contribution is 6.31. The second-order valence-electron chi connectivity index (χ2n) is 8.51. The molecule has 7 heteroatoms. The van der Waals surface area contributed by atoms with Crippen LogP contribution in [-0.2, 0) is 0 Å². The van der Waals surface area contributed by atoms with Crippen molar-refractivity contribution in [3.05, 3.63) is 97.9 Å². The molecule has 0 N–H and O–H groups in total. The van der Waals surface area contributed by atoms with Crippen molar-refractivity contribution in [1.29, 1.82) is 0 Å². The van der Waals surface area contributed by atoms with Gasteiger partial charge in [-0.05, 0) is 79.9 Å². The van der Waals surface area contributed by atoms with Crippen molar-refractivity contribution in [3.63, 3.8) is 0 Å². The summed E-state index contributed by atoms with van der Waals surface area (Å²) in [6, 6.07) is 15.3. The standard InChI is InChI=1S/C28H24ClNO5/c1-5-34-21-10-9-17(13-23(21)33-4)25-24-26(31)20-11-15(2)16(3)12-22(20)35-27(24)28(32)30(25)19-8-6-7-18(29)14-19/h6-14,25H,5H2,1-4H3. The lowest BCUT2D eigenvalue weighted by atomic mass is 9.97. The number of nitrogens with zero attached hydrogens (tertiary/aromatic N) is 1. The smallest absolute Gasteiger partial charge is 0.295 e. The van der Waals surface area contributed by atoms with Crippen LogP contribution in [0.25, 0.3) is 11.0 Å². The molecule has 0 bridgehead atoms. The van der Waals surface area contributed by atoms with E-state index in [2.05, 4.69) is 0 Å². The third-order valence-electron chi connectivity index (χ3n) is 6.38.